The predicted octanol–water partition coefficient (Wildman–Crippen LogP) is 29.1. The Morgan fingerprint density at radius 2 is 0.553 bits per heavy atom. The first-order valence-electron chi connectivity index (χ1n) is 43.1. The van der Waals surface area contributed by atoms with Crippen LogP contribution in [0.3, 0.4) is 0 Å². The van der Waals surface area contributed by atoms with Crippen LogP contribution in [0.1, 0.15) is 423 Å². The average molecular weight is 1590 g/mol. The van der Waals surface area contributed by atoms with E-state index in [9.17, 15) is 60.0 Å². The van der Waals surface area contributed by atoms with E-state index in [1.807, 2.05) is 6.07 Å². The number of carboxylic acids is 4. The minimum atomic E-state index is -0.702. The zero-order valence-electron chi connectivity index (χ0n) is 72.1. The fraction of sp³-hybridized carbons (Fsp3) is 0.725. The molecule has 0 spiro atoms. The lowest BCUT2D eigenvalue weighted by molar-refractivity contribution is -0.144. The maximum Gasteiger partial charge on any atom is 0.309 e. The smallest absolute Gasteiger partial charge is 0.309 e. The minimum absolute atomic E-state index is 0. The summed E-state index contributed by atoms with van der Waals surface area (Å²) in [6.07, 6.45) is 43.3. The number of carboxylic acid groups (broad SMARTS) is 4. The van der Waals surface area contributed by atoms with Gasteiger partial charge in [0.05, 0.1) is 21.7 Å². The Balaban J connectivity index is 0.00000147. The third-order valence-electron chi connectivity index (χ3n) is 25.1. The van der Waals surface area contributed by atoms with Gasteiger partial charge in [0.25, 0.3) is 0 Å². The van der Waals surface area contributed by atoms with Crippen LogP contribution >= 0.6 is 0 Å². The second-order valence-corrected chi connectivity index (χ2v) is 39.6. The number of hydrogen-bond acceptors (Lipinski definition) is 8. The summed E-state index contributed by atoms with van der Waals surface area (Å²) in [6, 6.07) is 11.8. The molecule has 4 aliphatic carbocycles. The van der Waals surface area contributed by atoms with Gasteiger partial charge in [-0.05, 0) is 341 Å². The third kappa shape index (κ3) is 36.4. The molecule has 8 rings (SSSR count). The fourth-order valence-electron chi connectivity index (χ4n) is 16.6. The number of aliphatic carboxylic acids is 4. The van der Waals surface area contributed by atoms with Gasteiger partial charge in [-0.3, -0.25) is 19.2 Å². The second kappa shape index (κ2) is 48.7. The van der Waals surface area contributed by atoms with Crippen molar-refractivity contribution in [2.75, 3.05) is 0 Å². The molecule has 4 aromatic rings. The Morgan fingerprint density at radius 3 is 0.886 bits per heavy atom. The molecule has 12 nitrogen and oxygen atoms in total. The minimum Gasteiger partial charge on any atom is -0.508 e. The Kier molecular flexibility index (Phi) is 46.2. The van der Waals surface area contributed by atoms with Crippen molar-refractivity contribution in [1.82, 2.24) is 0 Å². The first kappa shape index (κ1) is 108. The van der Waals surface area contributed by atoms with Gasteiger partial charge in [-0.2, -0.15) is 0 Å². The molecule has 0 radical (unpaired) electrons. The molecular weight excluding hydrogens is 1420 g/mol. The molecule has 0 unspecified atom stereocenters. The average Bonchev–Trinajstić information content (AvgIpc) is 1.64. The number of aromatic hydroxyl groups is 4. The Morgan fingerprint density at radius 1 is 0.289 bits per heavy atom. The highest BCUT2D eigenvalue weighted by Gasteiger charge is 2.51. The van der Waals surface area contributed by atoms with Gasteiger partial charge < -0.3 is 40.9 Å². The summed E-state index contributed by atoms with van der Waals surface area (Å²) in [5.74, 6) is -2.46. The van der Waals surface area contributed by atoms with Gasteiger partial charge in [0.15, 0.2) is 11.5 Å². The quantitative estimate of drug-likeness (QED) is 0.0118. The van der Waals surface area contributed by atoms with Crippen LogP contribution in [0.5, 0.6) is 23.0 Å². The number of benzene rings is 4. The van der Waals surface area contributed by atoms with Gasteiger partial charge in [-0.15, -0.1) is 0 Å². The number of carbonyl (C=O) groups is 4. The molecule has 0 saturated heterocycles. The zero-order chi connectivity index (χ0) is 81.3. The highest BCUT2D eigenvalue weighted by atomic mass is 16.4. The van der Waals surface area contributed by atoms with Crippen molar-refractivity contribution in [3.63, 3.8) is 0 Å². The topological polar surface area (TPSA) is 230 Å². The van der Waals surface area contributed by atoms with Crippen LogP contribution in [-0.2, 0) is 70.5 Å². The van der Waals surface area contributed by atoms with Crippen LogP contribution in [0.4, 0.5) is 0 Å². The number of phenols is 4. The molecule has 0 amide bonds. The molecule has 0 aromatic heterocycles. The predicted molar refractivity (Wildman–Crippen MR) is 484 cm³/mol. The standard InChI is InChI=1S/C25H40O3.2C25H40O2.C22H34O5.5CH4/c1-24(2,3)16-9-5-4-7-12-20-13-11-15-22(26)21(20)14-8-6-10-17-25(18-19-25)23(27)28;1-18-17-19(2)21(11-8-10-14-25(15-16-25)23(26)27)22(20(18)3)12-7-9-13-24(4,5)6;1-18-17-19(2)21(11-7-9-13-24(4,5)6)22(20(18)3)12-8-10-14-25(15-16-25)23(26)27;1-21(2,3)10-6-4-9-16-15(17(23)14-18(24)19(16)25)8-5-7-11-22(12-13-22)20(26)27;;;;;/h11,13,15,26H,4-10,12,14,16-19H2,1-3H3,(H,27,28);2*17H,7-16H2,1-6H3,(H,26,27);14,23-25H,4-13H2,1-3H3,(H,26,27);5*1H4. The Labute approximate surface area is 698 Å². The molecule has 4 aliphatic rings. The first-order valence-corrected chi connectivity index (χ1v) is 43.1. The van der Waals surface area contributed by atoms with Gasteiger partial charge in [-0.1, -0.05) is 215 Å². The van der Waals surface area contributed by atoms with Crippen molar-refractivity contribution in [2.45, 2.75) is 438 Å². The lowest BCUT2D eigenvalue weighted by Gasteiger charge is -2.20. The number of hydrogen-bond donors (Lipinski definition) is 8. The number of aryl methyl sites for hydroxylation is 5. The van der Waals surface area contributed by atoms with Crippen molar-refractivity contribution in [2.24, 2.45) is 43.3 Å². The zero-order valence-corrected chi connectivity index (χ0v) is 72.1. The van der Waals surface area contributed by atoms with Crippen molar-refractivity contribution >= 4 is 23.9 Å². The van der Waals surface area contributed by atoms with E-state index in [1.54, 1.807) is 22.8 Å². The number of phenolic OH excluding ortho intramolecular Hbond substituents is 4. The van der Waals surface area contributed by atoms with Crippen LogP contribution in [0.2, 0.25) is 0 Å². The van der Waals surface area contributed by atoms with Crippen LogP contribution < -0.4 is 0 Å². The molecule has 8 N–H and O–H groups in total. The van der Waals surface area contributed by atoms with Crippen molar-refractivity contribution in [3.8, 4) is 23.0 Å². The molecule has 114 heavy (non-hydrogen) atoms. The van der Waals surface area contributed by atoms with E-state index in [-0.39, 0.29) is 70.6 Å². The first-order chi connectivity index (χ1) is 50.9. The molecule has 0 bridgehead atoms. The molecule has 654 valence electrons. The second-order valence-electron chi connectivity index (χ2n) is 39.6. The van der Waals surface area contributed by atoms with Gasteiger partial charge in [-0.25, -0.2) is 0 Å². The number of unbranched alkanes of at least 4 members (excludes halogenated alkanes) is 11. The summed E-state index contributed by atoms with van der Waals surface area (Å²) >= 11 is 0. The highest BCUT2D eigenvalue weighted by molar-refractivity contribution is 5.79. The highest BCUT2D eigenvalue weighted by Crippen LogP contribution is 2.53. The summed E-state index contributed by atoms with van der Waals surface area (Å²) in [5, 5.41) is 78.0. The van der Waals surface area contributed by atoms with E-state index in [0.29, 0.717) is 52.4 Å². The van der Waals surface area contributed by atoms with E-state index in [4.69, 9.17) is 0 Å². The van der Waals surface area contributed by atoms with Gasteiger partial charge >= 0.3 is 23.9 Å². The van der Waals surface area contributed by atoms with Gasteiger partial charge in [0.1, 0.15) is 11.5 Å². The van der Waals surface area contributed by atoms with Crippen molar-refractivity contribution in [1.29, 1.82) is 0 Å². The van der Waals surface area contributed by atoms with E-state index in [2.05, 4.69) is 143 Å². The Hall–Kier alpha value is -6.04. The maximum atomic E-state index is 11.4. The molecule has 4 fully saturated rings. The molecule has 0 atom stereocenters. The normalized spacial score (nSPS) is 15.0. The molecule has 4 saturated carbocycles. The van der Waals surface area contributed by atoms with E-state index in [0.717, 1.165) is 179 Å². The van der Waals surface area contributed by atoms with Crippen LogP contribution in [0.25, 0.3) is 0 Å². The van der Waals surface area contributed by atoms with Gasteiger partial charge in [0, 0.05) is 17.2 Å². The van der Waals surface area contributed by atoms with E-state index in [1.165, 1.54) is 134 Å². The largest absolute Gasteiger partial charge is 0.508 e. The Bertz CT molecular complexity index is 3420. The van der Waals surface area contributed by atoms with Gasteiger partial charge in [0.2, 0.25) is 0 Å². The van der Waals surface area contributed by atoms with Crippen molar-refractivity contribution < 1.29 is 60.0 Å². The van der Waals surface area contributed by atoms with Crippen molar-refractivity contribution in [3.05, 3.63) is 114 Å². The summed E-state index contributed by atoms with van der Waals surface area (Å²) in [7, 11) is 0. The maximum absolute atomic E-state index is 11.4. The summed E-state index contributed by atoms with van der Waals surface area (Å²) < 4.78 is 0. The molecule has 0 aliphatic heterocycles. The summed E-state index contributed by atoms with van der Waals surface area (Å²) in [6.45, 7) is 40.9. The molecular formula is C102H174O12. The molecule has 12 heteroatoms. The number of rotatable bonds is 43. The molecule has 4 aromatic carbocycles. The summed E-state index contributed by atoms with van der Waals surface area (Å²) in [4.78, 5) is 45.2. The van der Waals surface area contributed by atoms with Crippen LogP contribution in [0, 0.1) is 84.9 Å². The lowest BCUT2D eigenvalue weighted by atomic mass is 9.85. The fourth-order valence-corrected chi connectivity index (χ4v) is 16.6. The van der Waals surface area contributed by atoms with E-state index >= 15 is 0 Å². The third-order valence-corrected chi connectivity index (χ3v) is 25.1. The van der Waals surface area contributed by atoms with E-state index < -0.39 is 34.7 Å². The summed E-state index contributed by atoms with van der Waals surface area (Å²) in [5.41, 5.74) is 18.4. The van der Waals surface area contributed by atoms with Crippen LogP contribution in [-0.4, -0.2) is 64.7 Å². The van der Waals surface area contributed by atoms with Crippen LogP contribution in [0.15, 0.2) is 36.4 Å². The molecule has 0 heterocycles. The SMILES string of the molecule is C.C.C.C.C.CC(C)(C)CCCCCCc1cccc(O)c1CCCCCC1(C(=O)O)CC1.CC(C)(C)CCCCc1c(O)c(O)cc(O)c1CCCCC1(C(=O)O)CC1.Cc1cc(C)c(CCCCC(C)(C)C)c(CCCCC2(C(=O)O)CC2)c1C.Cc1cc(C)c(CCCCC2(C(=O)O)CC2)c(CCCCC(C)(C)C)c1C. The monoisotopic (exact) mass is 1590 g/mol. The lowest BCUT2D eigenvalue weighted by Crippen LogP contribution is -2.14.